The second kappa shape index (κ2) is 8.96. The molecule has 138 valence electrons. The van der Waals surface area contributed by atoms with Gasteiger partial charge in [-0.25, -0.2) is 8.42 Å². The van der Waals surface area contributed by atoms with E-state index in [0.29, 0.717) is 5.92 Å². The summed E-state index contributed by atoms with van der Waals surface area (Å²) in [6.45, 7) is 1.16. The van der Waals surface area contributed by atoms with Crippen LogP contribution in [0, 0.1) is 5.92 Å². The van der Waals surface area contributed by atoms with Gasteiger partial charge in [-0.15, -0.1) is 0 Å². The van der Waals surface area contributed by atoms with Gasteiger partial charge in [-0.3, -0.25) is 9.59 Å². The number of ether oxygens (including phenoxy) is 1. The quantitative estimate of drug-likeness (QED) is 0.704. The highest BCUT2D eigenvalue weighted by atomic mass is 32.2. The van der Waals surface area contributed by atoms with Crippen molar-refractivity contribution in [2.75, 3.05) is 13.2 Å². The molecule has 1 aliphatic carbocycles. The third kappa shape index (κ3) is 6.13. The molecule has 1 amide bonds. The highest BCUT2D eigenvalue weighted by Crippen LogP contribution is 2.23. The molecule has 2 N–H and O–H groups in total. The molecule has 1 aliphatic rings. The molecule has 7 nitrogen and oxygen atoms in total. The fourth-order valence-corrected chi connectivity index (χ4v) is 3.80. The normalized spacial score (nSPS) is 20.7. The van der Waals surface area contributed by atoms with Crippen molar-refractivity contribution in [2.24, 2.45) is 5.92 Å². The van der Waals surface area contributed by atoms with Crippen molar-refractivity contribution in [3.63, 3.8) is 0 Å². The molecule has 0 saturated heterocycles. The molecule has 1 aromatic rings. The molecule has 0 spiro atoms. The van der Waals surface area contributed by atoms with Crippen LogP contribution in [-0.4, -0.2) is 39.5 Å². The SMILES string of the molecule is C[C@H]1CCCC[C@H]1NC(=O)COC(=O)CNS(=O)(=O)c1ccccc1. The predicted octanol–water partition coefficient (Wildman–Crippen LogP) is 1.20. The van der Waals surface area contributed by atoms with Gasteiger partial charge in [0.25, 0.3) is 5.91 Å². The minimum absolute atomic E-state index is 0.0619. The molecule has 25 heavy (non-hydrogen) atoms. The molecule has 0 heterocycles. The summed E-state index contributed by atoms with van der Waals surface area (Å²) in [5.41, 5.74) is 0. The van der Waals surface area contributed by atoms with Gasteiger partial charge in [0.15, 0.2) is 6.61 Å². The summed E-state index contributed by atoms with van der Waals surface area (Å²) in [6, 6.07) is 7.82. The highest BCUT2D eigenvalue weighted by molar-refractivity contribution is 7.89. The van der Waals surface area contributed by atoms with Crippen molar-refractivity contribution < 1.29 is 22.7 Å². The van der Waals surface area contributed by atoms with Crippen molar-refractivity contribution in [2.45, 2.75) is 43.5 Å². The molecule has 2 atom stereocenters. The Morgan fingerprint density at radius 2 is 1.84 bits per heavy atom. The molecule has 0 bridgehead atoms. The van der Waals surface area contributed by atoms with Crippen LogP contribution < -0.4 is 10.0 Å². The van der Waals surface area contributed by atoms with E-state index in [1.165, 1.54) is 18.6 Å². The topological polar surface area (TPSA) is 102 Å². The van der Waals surface area contributed by atoms with E-state index >= 15 is 0 Å². The van der Waals surface area contributed by atoms with Gasteiger partial charge in [-0.1, -0.05) is 38.0 Å². The zero-order chi connectivity index (χ0) is 18.3. The molecule has 0 unspecified atom stereocenters. The van der Waals surface area contributed by atoms with E-state index in [-0.39, 0.29) is 16.8 Å². The third-order valence-electron chi connectivity index (χ3n) is 4.28. The Morgan fingerprint density at radius 1 is 1.16 bits per heavy atom. The Morgan fingerprint density at radius 3 is 2.52 bits per heavy atom. The van der Waals surface area contributed by atoms with Crippen LogP contribution in [0.4, 0.5) is 0 Å². The number of rotatable bonds is 7. The second-order valence-electron chi connectivity index (χ2n) is 6.23. The van der Waals surface area contributed by atoms with Crippen molar-refractivity contribution >= 4 is 21.9 Å². The first kappa shape index (κ1) is 19.4. The van der Waals surface area contributed by atoms with Gasteiger partial charge in [-0.05, 0) is 30.9 Å². The van der Waals surface area contributed by atoms with Gasteiger partial charge in [0.2, 0.25) is 10.0 Å². The summed E-state index contributed by atoms with van der Waals surface area (Å²) in [5, 5.41) is 2.87. The second-order valence-corrected chi connectivity index (χ2v) is 8.00. The van der Waals surface area contributed by atoms with E-state index in [9.17, 15) is 18.0 Å². The Labute approximate surface area is 148 Å². The lowest BCUT2D eigenvalue weighted by Crippen LogP contribution is -2.43. The molecule has 1 saturated carbocycles. The first-order valence-corrected chi connectivity index (χ1v) is 9.86. The van der Waals surface area contributed by atoms with E-state index in [1.807, 2.05) is 0 Å². The molecule has 0 aromatic heterocycles. The maximum Gasteiger partial charge on any atom is 0.321 e. The summed E-state index contributed by atoms with van der Waals surface area (Å²) in [5.74, 6) is -0.754. The summed E-state index contributed by atoms with van der Waals surface area (Å²) in [6.07, 6.45) is 4.25. The number of carbonyl (C=O) groups excluding carboxylic acids is 2. The van der Waals surface area contributed by atoms with E-state index < -0.39 is 29.1 Å². The zero-order valence-corrected chi connectivity index (χ0v) is 15.1. The standard InChI is InChI=1S/C17H24N2O5S/c1-13-7-5-6-10-15(13)19-16(20)12-24-17(21)11-18-25(22,23)14-8-3-2-4-9-14/h2-4,8-9,13,15,18H,5-7,10-12H2,1H3,(H,19,20)/t13-,15+/m0/s1. The van der Waals surface area contributed by atoms with Crippen LogP contribution in [0.3, 0.4) is 0 Å². The smallest absolute Gasteiger partial charge is 0.321 e. The lowest BCUT2D eigenvalue weighted by molar-refractivity contribution is -0.147. The van der Waals surface area contributed by atoms with Crippen molar-refractivity contribution in [1.29, 1.82) is 0 Å². The Balaban J connectivity index is 1.72. The van der Waals surface area contributed by atoms with Crippen LogP contribution in [0.1, 0.15) is 32.6 Å². The van der Waals surface area contributed by atoms with E-state index in [1.54, 1.807) is 18.2 Å². The Kier molecular flexibility index (Phi) is 6.95. The largest absolute Gasteiger partial charge is 0.455 e. The zero-order valence-electron chi connectivity index (χ0n) is 14.2. The summed E-state index contributed by atoms with van der Waals surface area (Å²) in [7, 11) is -3.78. The van der Waals surface area contributed by atoms with Gasteiger partial charge in [0.1, 0.15) is 6.54 Å². The van der Waals surface area contributed by atoms with Crippen molar-refractivity contribution in [3.8, 4) is 0 Å². The van der Waals surface area contributed by atoms with Crippen LogP contribution >= 0.6 is 0 Å². The number of esters is 1. The van der Waals surface area contributed by atoms with Crippen LogP contribution in [0.15, 0.2) is 35.2 Å². The van der Waals surface area contributed by atoms with Crippen LogP contribution in [0.5, 0.6) is 0 Å². The number of hydrogen-bond acceptors (Lipinski definition) is 5. The average molecular weight is 368 g/mol. The molecule has 0 radical (unpaired) electrons. The predicted molar refractivity (Wildman–Crippen MR) is 92.2 cm³/mol. The van der Waals surface area contributed by atoms with Gasteiger partial charge < -0.3 is 10.1 Å². The number of amides is 1. The fourth-order valence-electron chi connectivity index (χ4n) is 2.81. The minimum Gasteiger partial charge on any atom is -0.455 e. The Bertz CT molecular complexity index is 690. The fraction of sp³-hybridized carbons (Fsp3) is 0.529. The van der Waals surface area contributed by atoms with Gasteiger partial charge in [0.05, 0.1) is 4.90 Å². The monoisotopic (exact) mass is 368 g/mol. The molecule has 1 fully saturated rings. The maximum atomic E-state index is 12.0. The number of nitrogens with one attached hydrogen (secondary N) is 2. The molecular formula is C17H24N2O5S. The lowest BCUT2D eigenvalue weighted by Gasteiger charge is -2.29. The van der Waals surface area contributed by atoms with Gasteiger partial charge >= 0.3 is 5.97 Å². The van der Waals surface area contributed by atoms with Crippen LogP contribution in [0.25, 0.3) is 0 Å². The molecule has 2 rings (SSSR count). The first-order valence-electron chi connectivity index (χ1n) is 8.38. The number of hydrogen-bond donors (Lipinski definition) is 2. The van der Waals surface area contributed by atoms with Crippen LogP contribution in [0.2, 0.25) is 0 Å². The molecule has 1 aromatic carbocycles. The first-order chi connectivity index (χ1) is 11.9. The number of benzene rings is 1. The van der Waals surface area contributed by atoms with E-state index in [2.05, 4.69) is 17.0 Å². The third-order valence-corrected chi connectivity index (χ3v) is 5.70. The van der Waals surface area contributed by atoms with Crippen molar-refractivity contribution in [3.05, 3.63) is 30.3 Å². The molecule has 8 heteroatoms. The Hall–Kier alpha value is -1.93. The van der Waals surface area contributed by atoms with E-state index in [4.69, 9.17) is 4.74 Å². The maximum absolute atomic E-state index is 12.0. The molecular weight excluding hydrogens is 344 g/mol. The van der Waals surface area contributed by atoms with Crippen LogP contribution in [-0.2, 0) is 24.3 Å². The van der Waals surface area contributed by atoms with Gasteiger partial charge in [-0.2, -0.15) is 4.72 Å². The molecule has 0 aliphatic heterocycles. The minimum atomic E-state index is -3.78. The summed E-state index contributed by atoms with van der Waals surface area (Å²) >= 11 is 0. The summed E-state index contributed by atoms with van der Waals surface area (Å²) < 4.78 is 30.9. The number of sulfonamides is 1. The van der Waals surface area contributed by atoms with Gasteiger partial charge in [0, 0.05) is 6.04 Å². The average Bonchev–Trinajstić information content (AvgIpc) is 2.61. The van der Waals surface area contributed by atoms with Crippen molar-refractivity contribution in [1.82, 2.24) is 10.0 Å². The highest BCUT2D eigenvalue weighted by Gasteiger charge is 2.23. The number of carbonyl (C=O) groups is 2. The summed E-state index contributed by atoms with van der Waals surface area (Å²) in [4.78, 5) is 23.6. The van der Waals surface area contributed by atoms with E-state index in [0.717, 1.165) is 19.3 Å². The lowest BCUT2D eigenvalue weighted by atomic mass is 9.86.